The fourth-order valence-electron chi connectivity index (χ4n) is 5.40. The molecule has 0 aliphatic carbocycles. The van der Waals surface area contributed by atoms with Crippen molar-refractivity contribution < 1.29 is 4.79 Å². The van der Waals surface area contributed by atoms with Crippen LogP contribution in [0.2, 0.25) is 0 Å². The van der Waals surface area contributed by atoms with Gasteiger partial charge in [0.1, 0.15) is 0 Å². The topological polar surface area (TPSA) is 20.3 Å². The van der Waals surface area contributed by atoms with Crippen molar-refractivity contribution in [2.45, 2.75) is 18.4 Å². The molecule has 2 nitrogen and oxygen atoms in total. The van der Waals surface area contributed by atoms with E-state index in [0.717, 1.165) is 24.9 Å². The van der Waals surface area contributed by atoms with Gasteiger partial charge in [-0.3, -0.25) is 4.79 Å². The van der Waals surface area contributed by atoms with Crippen molar-refractivity contribution in [1.29, 1.82) is 0 Å². The molecule has 1 unspecified atom stereocenters. The second-order valence-corrected chi connectivity index (χ2v) is 7.66. The Morgan fingerprint density at radius 1 is 0.778 bits per heavy atom. The van der Waals surface area contributed by atoms with Crippen molar-refractivity contribution in [3.8, 4) is 0 Å². The molecule has 27 heavy (non-hydrogen) atoms. The van der Waals surface area contributed by atoms with Crippen molar-refractivity contribution in [1.82, 2.24) is 4.90 Å². The molecule has 6 rings (SSSR count). The minimum absolute atomic E-state index is 0.181. The number of amides is 1. The van der Waals surface area contributed by atoms with Gasteiger partial charge in [0.25, 0.3) is 5.91 Å². The molecule has 0 spiro atoms. The van der Waals surface area contributed by atoms with Crippen LogP contribution in [0.1, 0.15) is 34.3 Å². The van der Waals surface area contributed by atoms with E-state index in [1.165, 1.54) is 32.7 Å². The molecule has 1 fully saturated rings. The smallest absolute Gasteiger partial charge is 0.255 e. The predicted octanol–water partition coefficient (Wildman–Crippen LogP) is 5.49. The molecule has 0 radical (unpaired) electrons. The maximum Gasteiger partial charge on any atom is 0.255 e. The Morgan fingerprint density at radius 3 is 2.15 bits per heavy atom. The number of fused-ring (bicyclic) bond motifs is 5. The van der Waals surface area contributed by atoms with E-state index in [4.69, 9.17) is 0 Å². The zero-order valence-corrected chi connectivity index (χ0v) is 15.0. The highest BCUT2D eigenvalue weighted by Crippen LogP contribution is 2.54. The maximum atomic E-state index is 13.3. The molecule has 0 saturated carbocycles. The van der Waals surface area contributed by atoms with Crippen molar-refractivity contribution in [3.05, 3.63) is 95.6 Å². The average molecular weight is 349 g/mol. The second kappa shape index (κ2) is 5.20. The average Bonchev–Trinajstić information content (AvgIpc) is 3.25. The van der Waals surface area contributed by atoms with Gasteiger partial charge < -0.3 is 4.90 Å². The first-order chi connectivity index (χ1) is 13.3. The molecule has 0 N–H and O–H groups in total. The third-order valence-electron chi connectivity index (χ3n) is 6.41. The monoisotopic (exact) mass is 349 g/mol. The highest BCUT2D eigenvalue weighted by atomic mass is 16.2. The Labute approximate surface area is 158 Å². The molecule has 4 aromatic carbocycles. The van der Waals surface area contributed by atoms with Crippen molar-refractivity contribution >= 4 is 27.5 Å². The third-order valence-corrected chi connectivity index (χ3v) is 6.41. The maximum absolute atomic E-state index is 13.3. The van der Waals surface area contributed by atoms with Crippen molar-refractivity contribution in [2.24, 2.45) is 0 Å². The van der Waals surface area contributed by atoms with Gasteiger partial charge in [-0.25, -0.2) is 0 Å². The number of benzene rings is 4. The van der Waals surface area contributed by atoms with Gasteiger partial charge in [-0.1, -0.05) is 66.7 Å². The Balaban J connectivity index is 1.83. The molecule has 2 aliphatic heterocycles. The summed E-state index contributed by atoms with van der Waals surface area (Å²) in [5, 5.41) is 4.99. The fraction of sp³-hybridized carbons (Fsp3) is 0.160. The van der Waals surface area contributed by atoms with Crippen LogP contribution in [0.15, 0.2) is 78.9 Å². The Morgan fingerprint density at radius 2 is 1.41 bits per heavy atom. The lowest BCUT2D eigenvalue weighted by Gasteiger charge is -2.36. The standard InChI is InChI=1S/C25H19NO/c27-24-21-12-5-6-13-22(21)25(14-7-15-26(24)25)23-19-10-3-1-8-17(19)16-18-9-2-4-11-20(18)23/h1-6,8-13,16H,7,14-15H2. The van der Waals surface area contributed by atoms with E-state index in [0.29, 0.717) is 0 Å². The summed E-state index contributed by atoms with van der Waals surface area (Å²) in [6.45, 7) is 0.824. The van der Waals surface area contributed by atoms with Crippen LogP contribution < -0.4 is 0 Å². The van der Waals surface area contributed by atoms with Crippen LogP contribution in [0.3, 0.4) is 0 Å². The lowest BCUT2D eigenvalue weighted by molar-refractivity contribution is 0.0714. The van der Waals surface area contributed by atoms with Gasteiger partial charge in [0.05, 0.1) is 5.54 Å². The molecule has 1 saturated heterocycles. The summed E-state index contributed by atoms with van der Waals surface area (Å²) in [6, 6.07) is 27.7. The highest BCUT2D eigenvalue weighted by molar-refractivity contribution is 6.07. The normalized spacial score (nSPS) is 21.0. The Bertz CT molecular complexity index is 1190. The lowest BCUT2D eigenvalue weighted by atomic mass is 9.77. The molecule has 2 aliphatic rings. The first-order valence-corrected chi connectivity index (χ1v) is 9.63. The SMILES string of the molecule is O=C1c2ccccc2C2(c3c4ccccc4cc4ccccc34)CCCN12. The van der Waals surface area contributed by atoms with Crippen molar-refractivity contribution in [3.63, 3.8) is 0 Å². The van der Waals surface area contributed by atoms with Crippen LogP contribution >= 0.6 is 0 Å². The van der Waals surface area contributed by atoms with Gasteiger partial charge in [0.15, 0.2) is 0 Å². The summed E-state index contributed by atoms with van der Waals surface area (Å²) in [5.74, 6) is 0.181. The summed E-state index contributed by atoms with van der Waals surface area (Å²) < 4.78 is 0. The summed E-state index contributed by atoms with van der Waals surface area (Å²) in [5.41, 5.74) is 2.99. The Kier molecular flexibility index (Phi) is 2.88. The third kappa shape index (κ3) is 1.78. The van der Waals surface area contributed by atoms with E-state index in [2.05, 4.69) is 71.6 Å². The van der Waals surface area contributed by atoms with Crippen LogP contribution in [0, 0.1) is 0 Å². The van der Waals surface area contributed by atoms with Crippen molar-refractivity contribution in [2.75, 3.05) is 6.54 Å². The zero-order chi connectivity index (χ0) is 18.0. The van der Waals surface area contributed by atoms with Crippen LogP contribution in [-0.4, -0.2) is 17.4 Å². The first-order valence-electron chi connectivity index (χ1n) is 9.63. The highest BCUT2D eigenvalue weighted by Gasteiger charge is 2.54. The number of carbonyl (C=O) groups excluding carboxylic acids is 1. The van der Waals surface area contributed by atoms with E-state index < -0.39 is 0 Å². The fourth-order valence-corrected chi connectivity index (χ4v) is 5.40. The summed E-state index contributed by atoms with van der Waals surface area (Å²) >= 11 is 0. The van der Waals surface area contributed by atoms with Gasteiger partial charge >= 0.3 is 0 Å². The molecule has 4 aromatic rings. The quantitative estimate of drug-likeness (QED) is 0.416. The van der Waals surface area contributed by atoms with Crippen LogP contribution in [-0.2, 0) is 5.54 Å². The minimum atomic E-state index is -0.353. The second-order valence-electron chi connectivity index (χ2n) is 7.66. The predicted molar refractivity (Wildman–Crippen MR) is 109 cm³/mol. The van der Waals surface area contributed by atoms with Gasteiger partial charge in [-0.15, -0.1) is 0 Å². The lowest BCUT2D eigenvalue weighted by Crippen LogP contribution is -2.39. The molecule has 1 atom stereocenters. The number of nitrogens with zero attached hydrogens (tertiary/aromatic N) is 1. The molecule has 2 heteroatoms. The molecule has 130 valence electrons. The van der Waals surface area contributed by atoms with Crippen LogP contribution in [0.25, 0.3) is 21.5 Å². The number of hydrogen-bond donors (Lipinski definition) is 0. The summed E-state index contributed by atoms with van der Waals surface area (Å²) in [6.07, 6.45) is 2.02. The van der Waals surface area contributed by atoms with Crippen LogP contribution in [0.4, 0.5) is 0 Å². The van der Waals surface area contributed by atoms with Gasteiger partial charge in [0, 0.05) is 12.1 Å². The van der Waals surface area contributed by atoms with E-state index in [1.807, 2.05) is 12.1 Å². The number of carbonyl (C=O) groups is 1. The minimum Gasteiger partial charge on any atom is -0.325 e. The molecule has 0 bridgehead atoms. The first kappa shape index (κ1) is 15.0. The molecular weight excluding hydrogens is 330 g/mol. The largest absolute Gasteiger partial charge is 0.325 e. The summed E-state index contributed by atoms with van der Waals surface area (Å²) in [4.78, 5) is 15.4. The van der Waals surface area contributed by atoms with Gasteiger partial charge in [-0.2, -0.15) is 0 Å². The molecule has 2 heterocycles. The molecule has 0 aromatic heterocycles. The molecular formula is C25H19NO. The zero-order valence-electron chi connectivity index (χ0n) is 15.0. The number of hydrogen-bond acceptors (Lipinski definition) is 1. The summed E-state index contributed by atoms with van der Waals surface area (Å²) in [7, 11) is 0. The number of rotatable bonds is 1. The van der Waals surface area contributed by atoms with Gasteiger partial charge in [0.2, 0.25) is 0 Å². The van der Waals surface area contributed by atoms with E-state index in [1.54, 1.807) is 0 Å². The van der Waals surface area contributed by atoms with Gasteiger partial charge in [-0.05, 0) is 57.6 Å². The van der Waals surface area contributed by atoms with E-state index in [9.17, 15) is 4.79 Å². The van der Waals surface area contributed by atoms with Crippen LogP contribution in [0.5, 0.6) is 0 Å². The van der Waals surface area contributed by atoms with E-state index in [-0.39, 0.29) is 11.4 Å². The molecule has 1 amide bonds. The Hall–Kier alpha value is -3.13. The van der Waals surface area contributed by atoms with E-state index >= 15 is 0 Å².